The van der Waals surface area contributed by atoms with Crippen LogP contribution in [0, 0.1) is 22.2 Å². The lowest BCUT2D eigenvalue weighted by molar-refractivity contribution is -0.152. The molecule has 0 aromatic carbocycles. The Morgan fingerprint density at radius 1 is 1.23 bits per heavy atom. The van der Waals surface area contributed by atoms with Crippen LogP contribution in [0.15, 0.2) is 46.6 Å². The number of fused-ring (bicyclic) bond motifs is 3. The number of Topliss-reactive ketones (excluding diaryl/α,β-unsaturated/α-hetero) is 1. The molecule has 1 spiro atoms. The zero-order chi connectivity index (χ0) is 22.2. The molecule has 5 rings (SSSR count). The van der Waals surface area contributed by atoms with Gasteiger partial charge in [-0.15, -0.1) is 0 Å². The Bertz CT molecular complexity index is 1020. The number of ketones is 2. The standard InChI is InChI=1S/C27H32O4/c1-5-16(2)31-24(30)19-15-17-14-18(28)6-12-26(17,4)20-8-13-27-21(23(19)20)7-10-25(27,3)11-9-22(27)29/h6-7,12,14,16,19H,5,8-11,13,15H2,1-4H3/t16?,19-,25+,26?,27-/m1/s1. The highest BCUT2D eigenvalue weighted by Crippen LogP contribution is 2.70. The van der Waals surface area contributed by atoms with Crippen LogP contribution in [0.5, 0.6) is 0 Å². The number of carbonyl (C=O) groups is 3. The Hall–Kier alpha value is -2.23. The largest absolute Gasteiger partial charge is 0.462 e. The molecule has 0 aliphatic heterocycles. The third-order valence-corrected chi connectivity index (χ3v) is 9.13. The molecule has 0 aromatic rings. The van der Waals surface area contributed by atoms with Crippen molar-refractivity contribution in [3.05, 3.63) is 46.6 Å². The number of rotatable bonds is 3. The molecule has 5 aliphatic rings. The van der Waals surface area contributed by atoms with Gasteiger partial charge in [-0.2, -0.15) is 0 Å². The first-order chi connectivity index (χ1) is 14.7. The lowest BCUT2D eigenvalue weighted by Gasteiger charge is -2.51. The van der Waals surface area contributed by atoms with Crippen LogP contribution in [0.2, 0.25) is 0 Å². The summed E-state index contributed by atoms with van der Waals surface area (Å²) >= 11 is 0. The fraction of sp³-hybridized carbons (Fsp3) is 0.593. The lowest BCUT2D eigenvalue weighted by atomic mass is 9.51. The van der Waals surface area contributed by atoms with E-state index < -0.39 is 11.3 Å². The number of carbonyl (C=O) groups excluding carboxylic acids is 3. The number of allylic oxidation sites excluding steroid dienone is 7. The van der Waals surface area contributed by atoms with Crippen LogP contribution < -0.4 is 0 Å². The van der Waals surface area contributed by atoms with E-state index in [2.05, 4.69) is 19.9 Å². The minimum absolute atomic E-state index is 0.0172. The summed E-state index contributed by atoms with van der Waals surface area (Å²) in [4.78, 5) is 39.0. The van der Waals surface area contributed by atoms with Gasteiger partial charge in [0.25, 0.3) is 0 Å². The van der Waals surface area contributed by atoms with E-state index in [-0.39, 0.29) is 28.7 Å². The molecule has 4 heteroatoms. The van der Waals surface area contributed by atoms with Gasteiger partial charge < -0.3 is 4.74 Å². The molecule has 5 atom stereocenters. The Kier molecular flexibility index (Phi) is 4.42. The summed E-state index contributed by atoms with van der Waals surface area (Å²) in [5, 5.41) is 0. The number of hydrogen-bond acceptors (Lipinski definition) is 4. The van der Waals surface area contributed by atoms with E-state index in [9.17, 15) is 14.4 Å². The molecule has 31 heavy (non-hydrogen) atoms. The van der Waals surface area contributed by atoms with E-state index in [1.807, 2.05) is 19.9 Å². The van der Waals surface area contributed by atoms with Crippen LogP contribution in [-0.4, -0.2) is 23.6 Å². The fourth-order valence-corrected chi connectivity index (χ4v) is 7.05. The van der Waals surface area contributed by atoms with E-state index in [0.29, 0.717) is 18.6 Å². The Labute approximate surface area is 184 Å². The summed E-state index contributed by atoms with van der Waals surface area (Å²) in [7, 11) is 0. The van der Waals surface area contributed by atoms with E-state index in [4.69, 9.17) is 4.74 Å². The molecule has 0 heterocycles. The monoisotopic (exact) mass is 420 g/mol. The van der Waals surface area contributed by atoms with Gasteiger partial charge in [0, 0.05) is 11.8 Å². The van der Waals surface area contributed by atoms with Crippen molar-refractivity contribution < 1.29 is 19.1 Å². The van der Waals surface area contributed by atoms with Crippen LogP contribution in [-0.2, 0) is 19.1 Å². The maximum Gasteiger partial charge on any atom is 0.314 e. The molecule has 4 nitrogen and oxygen atoms in total. The summed E-state index contributed by atoms with van der Waals surface area (Å²) < 4.78 is 5.82. The molecule has 164 valence electrons. The smallest absolute Gasteiger partial charge is 0.314 e. The third-order valence-electron chi connectivity index (χ3n) is 9.13. The molecule has 0 saturated heterocycles. The van der Waals surface area contributed by atoms with E-state index >= 15 is 0 Å². The highest BCUT2D eigenvalue weighted by molar-refractivity contribution is 6.02. The van der Waals surface area contributed by atoms with Crippen molar-refractivity contribution in [1.29, 1.82) is 0 Å². The molecule has 1 fully saturated rings. The van der Waals surface area contributed by atoms with Crippen molar-refractivity contribution >= 4 is 17.5 Å². The van der Waals surface area contributed by atoms with E-state index in [0.717, 1.165) is 48.8 Å². The van der Waals surface area contributed by atoms with Gasteiger partial charge in [-0.25, -0.2) is 0 Å². The summed E-state index contributed by atoms with van der Waals surface area (Å²) in [6.45, 7) is 8.34. The Balaban J connectivity index is 1.69. The maximum absolute atomic E-state index is 13.4. The molecular formula is C27H32O4. The predicted molar refractivity (Wildman–Crippen MR) is 118 cm³/mol. The van der Waals surface area contributed by atoms with Crippen LogP contribution in [0.3, 0.4) is 0 Å². The van der Waals surface area contributed by atoms with Gasteiger partial charge in [0.15, 0.2) is 5.78 Å². The van der Waals surface area contributed by atoms with Gasteiger partial charge in [-0.1, -0.05) is 37.1 Å². The molecule has 1 saturated carbocycles. The topological polar surface area (TPSA) is 60.4 Å². The third kappa shape index (κ3) is 2.57. The SMILES string of the molecule is CCC(C)OC(=O)[C@@H]1CC2=CC(=O)C=CC2(C)C2=C1C1=CC[C@@]3(C)CCC(=O)[C@@]13CC2. The number of esters is 1. The lowest BCUT2D eigenvalue weighted by Crippen LogP contribution is -2.46. The van der Waals surface area contributed by atoms with Crippen molar-refractivity contribution in [2.75, 3.05) is 0 Å². The van der Waals surface area contributed by atoms with Gasteiger partial charge in [-0.05, 0) is 81.1 Å². The van der Waals surface area contributed by atoms with Crippen molar-refractivity contribution in [3.63, 3.8) is 0 Å². The Morgan fingerprint density at radius 3 is 2.74 bits per heavy atom. The second-order valence-corrected chi connectivity index (χ2v) is 10.6. The molecular weight excluding hydrogens is 388 g/mol. The number of ether oxygens (including phenoxy) is 1. The average molecular weight is 421 g/mol. The van der Waals surface area contributed by atoms with Crippen LogP contribution in [0.25, 0.3) is 0 Å². The second kappa shape index (κ2) is 6.63. The summed E-state index contributed by atoms with van der Waals surface area (Å²) in [5.41, 5.74) is 3.51. The zero-order valence-electron chi connectivity index (χ0n) is 19.0. The van der Waals surface area contributed by atoms with Crippen LogP contribution >= 0.6 is 0 Å². The van der Waals surface area contributed by atoms with Crippen LogP contribution in [0.1, 0.15) is 72.6 Å². The molecule has 0 amide bonds. The molecule has 5 aliphatic carbocycles. The van der Waals surface area contributed by atoms with E-state index in [1.165, 1.54) is 5.57 Å². The minimum Gasteiger partial charge on any atom is -0.462 e. The minimum atomic E-state index is -0.452. The molecule has 0 radical (unpaired) electrons. The van der Waals surface area contributed by atoms with E-state index in [1.54, 1.807) is 12.2 Å². The van der Waals surface area contributed by atoms with Crippen molar-refractivity contribution in [3.8, 4) is 0 Å². The Morgan fingerprint density at radius 2 is 2.00 bits per heavy atom. The van der Waals surface area contributed by atoms with Gasteiger partial charge in [0.2, 0.25) is 0 Å². The van der Waals surface area contributed by atoms with Crippen molar-refractivity contribution in [1.82, 2.24) is 0 Å². The first-order valence-corrected chi connectivity index (χ1v) is 11.8. The average Bonchev–Trinajstić information content (AvgIpc) is 3.18. The maximum atomic E-state index is 13.4. The number of hydrogen-bond donors (Lipinski definition) is 0. The van der Waals surface area contributed by atoms with Gasteiger partial charge >= 0.3 is 5.97 Å². The normalized spacial score (nSPS) is 39.3. The highest BCUT2D eigenvalue weighted by atomic mass is 16.5. The predicted octanol–water partition coefficient (Wildman–Crippen LogP) is 5.20. The summed E-state index contributed by atoms with van der Waals surface area (Å²) in [6, 6.07) is 0. The van der Waals surface area contributed by atoms with Gasteiger partial charge in [-0.3, -0.25) is 14.4 Å². The highest BCUT2D eigenvalue weighted by Gasteiger charge is 2.65. The zero-order valence-corrected chi connectivity index (χ0v) is 19.0. The molecule has 0 aromatic heterocycles. The first-order valence-electron chi connectivity index (χ1n) is 11.8. The molecule has 0 bridgehead atoms. The summed E-state index contributed by atoms with van der Waals surface area (Å²) in [5.74, 6) is -0.331. The first kappa shape index (κ1) is 20.7. The quantitative estimate of drug-likeness (QED) is 0.589. The van der Waals surface area contributed by atoms with Crippen molar-refractivity contribution in [2.24, 2.45) is 22.2 Å². The second-order valence-electron chi connectivity index (χ2n) is 10.6. The molecule has 0 N–H and O–H groups in total. The fourth-order valence-electron chi connectivity index (χ4n) is 7.05. The summed E-state index contributed by atoms with van der Waals surface area (Å²) in [6.07, 6.45) is 12.8. The van der Waals surface area contributed by atoms with Crippen LogP contribution in [0.4, 0.5) is 0 Å². The molecule has 2 unspecified atom stereocenters. The van der Waals surface area contributed by atoms with Gasteiger partial charge in [0.1, 0.15) is 5.78 Å². The van der Waals surface area contributed by atoms with Crippen molar-refractivity contribution in [2.45, 2.75) is 78.7 Å². The van der Waals surface area contributed by atoms with Gasteiger partial charge in [0.05, 0.1) is 17.4 Å².